The molecule has 1 amide bonds. The number of carbonyl (C=O) groups is 3. The summed E-state index contributed by atoms with van der Waals surface area (Å²) >= 11 is 0. The van der Waals surface area contributed by atoms with Crippen LogP contribution in [0.1, 0.15) is 60.8 Å². The normalized spacial score (nSPS) is 17.8. The Morgan fingerprint density at radius 2 is 1.57 bits per heavy atom. The molecule has 0 spiro atoms. The van der Waals surface area contributed by atoms with E-state index in [-0.39, 0.29) is 26.1 Å². The van der Waals surface area contributed by atoms with Crippen LogP contribution in [-0.4, -0.2) is 54.2 Å². The molecule has 0 saturated carbocycles. The van der Waals surface area contributed by atoms with Crippen molar-refractivity contribution < 1.29 is 33.3 Å². The molecule has 1 rings (SSSR count). The molecule has 1 atom stereocenters. The van der Waals surface area contributed by atoms with Crippen molar-refractivity contribution >= 4 is 18.0 Å². The predicted octanol–water partition coefficient (Wildman–Crippen LogP) is 2.43. The number of alkyl carbamates (subject to hydrolysis) is 1. The Hall–Kier alpha value is -2.23. The minimum atomic E-state index is -1.53. The zero-order valence-corrected chi connectivity index (χ0v) is 17.3. The number of hydrogen-bond donors (Lipinski definition) is 1. The summed E-state index contributed by atoms with van der Waals surface area (Å²) in [5.41, 5.74) is -3.16. The lowest BCUT2D eigenvalue weighted by molar-refractivity contribution is -0.172. The average molecular weight is 402 g/mol. The van der Waals surface area contributed by atoms with Crippen LogP contribution in [0.2, 0.25) is 0 Å². The molecular weight excluding hydrogens is 372 g/mol. The van der Waals surface area contributed by atoms with Gasteiger partial charge in [0.05, 0.1) is 19.6 Å². The number of esters is 2. The first-order valence-corrected chi connectivity index (χ1v) is 9.12. The Morgan fingerprint density at radius 3 is 2.04 bits per heavy atom. The standard InChI is InChI=1S/C18H30N2O8/c1-16(2,3)27-14(22)12(19-15(23)28-17(4,5)6)11-13(21)26-18(20-24)7-9-25-10-8-18/h12H,7-11H2,1-6H3,(H,19,23)/t12-/m0/s1. The molecule has 1 fully saturated rings. The van der Waals surface area contributed by atoms with Gasteiger partial charge in [0, 0.05) is 12.8 Å². The number of nitrogens with one attached hydrogen (secondary N) is 1. The van der Waals surface area contributed by atoms with Gasteiger partial charge < -0.3 is 24.3 Å². The van der Waals surface area contributed by atoms with Crippen molar-refractivity contribution in [3.8, 4) is 0 Å². The quantitative estimate of drug-likeness (QED) is 0.407. The number of rotatable bonds is 6. The molecule has 0 aromatic heterocycles. The number of amides is 1. The van der Waals surface area contributed by atoms with E-state index in [2.05, 4.69) is 10.5 Å². The Labute approximate surface area is 164 Å². The Morgan fingerprint density at radius 1 is 1.04 bits per heavy atom. The van der Waals surface area contributed by atoms with Crippen LogP contribution in [-0.2, 0) is 28.5 Å². The maximum atomic E-state index is 12.4. The first kappa shape index (κ1) is 23.8. The van der Waals surface area contributed by atoms with Crippen molar-refractivity contribution in [2.24, 2.45) is 5.18 Å². The van der Waals surface area contributed by atoms with Crippen molar-refractivity contribution in [1.82, 2.24) is 5.32 Å². The topological polar surface area (TPSA) is 130 Å². The van der Waals surface area contributed by atoms with Crippen LogP contribution in [0.25, 0.3) is 0 Å². The highest BCUT2D eigenvalue weighted by molar-refractivity contribution is 5.86. The monoisotopic (exact) mass is 402 g/mol. The molecule has 10 nitrogen and oxygen atoms in total. The fraction of sp³-hybridized carbons (Fsp3) is 0.833. The molecule has 0 aromatic rings. The molecule has 0 aliphatic carbocycles. The van der Waals surface area contributed by atoms with Crippen molar-refractivity contribution in [2.45, 2.75) is 83.8 Å². The van der Waals surface area contributed by atoms with Crippen LogP contribution >= 0.6 is 0 Å². The summed E-state index contributed by atoms with van der Waals surface area (Å²) in [6.45, 7) is 10.4. The van der Waals surface area contributed by atoms with Gasteiger partial charge in [-0.15, -0.1) is 4.91 Å². The molecule has 160 valence electrons. The van der Waals surface area contributed by atoms with E-state index in [0.717, 1.165) is 0 Å². The van der Waals surface area contributed by atoms with Crippen molar-refractivity contribution in [3.63, 3.8) is 0 Å². The van der Waals surface area contributed by atoms with Gasteiger partial charge in [0.1, 0.15) is 17.2 Å². The smallest absolute Gasteiger partial charge is 0.408 e. The van der Waals surface area contributed by atoms with E-state index >= 15 is 0 Å². The summed E-state index contributed by atoms with van der Waals surface area (Å²) in [4.78, 5) is 48.0. The molecule has 0 bridgehead atoms. The largest absolute Gasteiger partial charge is 0.458 e. The predicted molar refractivity (Wildman–Crippen MR) is 98.3 cm³/mol. The highest BCUT2D eigenvalue weighted by Crippen LogP contribution is 2.27. The molecular formula is C18H30N2O8. The van der Waals surface area contributed by atoms with E-state index in [1.165, 1.54) is 0 Å². The van der Waals surface area contributed by atoms with Crippen LogP contribution in [0.15, 0.2) is 5.18 Å². The van der Waals surface area contributed by atoms with Crippen LogP contribution in [0, 0.1) is 4.91 Å². The molecule has 10 heteroatoms. The molecule has 0 aromatic carbocycles. The van der Waals surface area contributed by atoms with Crippen LogP contribution < -0.4 is 5.32 Å². The summed E-state index contributed by atoms with van der Waals surface area (Å²) in [6, 6.07) is -1.34. The van der Waals surface area contributed by atoms with E-state index in [9.17, 15) is 19.3 Å². The Bertz CT molecular complexity index is 585. The zero-order chi connectivity index (χ0) is 21.6. The van der Waals surface area contributed by atoms with Gasteiger partial charge in [0.25, 0.3) is 0 Å². The van der Waals surface area contributed by atoms with E-state index in [0.29, 0.717) is 0 Å². The number of nitrogens with zero attached hydrogens (tertiary/aromatic N) is 1. The highest BCUT2D eigenvalue weighted by Gasteiger charge is 2.40. The molecule has 1 saturated heterocycles. The van der Waals surface area contributed by atoms with Gasteiger partial charge in [-0.2, -0.15) is 0 Å². The summed E-state index contributed by atoms with van der Waals surface area (Å²) in [6.07, 6.45) is -1.17. The molecule has 1 aliphatic heterocycles. The van der Waals surface area contributed by atoms with Gasteiger partial charge in [-0.05, 0) is 46.7 Å². The lowest BCUT2D eigenvalue weighted by Gasteiger charge is -2.30. The summed E-state index contributed by atoms with van der Waals surface area (Å²) in [5, 5.41) is 5.26. The van der Waals surface area contributed by atoms with Crippen LogP contribution in [0.4, 0.5) is 4.79 Å². The minimum Gasteiger partial charge on any atom is -0.458 e. The van der Waals surface area contributed by atoms with Gasteiger partial charge in [0.15, 0.2) is 0 Å². The number of carbonyl (C=O) groups excluding carboxylic acids is 3. The van der Waals surface area contributed by atoms with Gasteiger partial charge in [-0.25, -0.2) is 9.59 Å². The third-order valence-electron chi connectivity index (χ3n) is 3.50. The van der Waals surface area contributed by atoms with Gasteiger partial charge >= 0.3 is 18.0 Å². The number of nitroso groups, excluding NO2 is 1. The van der Waals surface area contributed by atoms with Crippen molar-refractivity contribution in [2.75, 3.05) is 13.2 Å². The van der Waals surface area contributed by atoms with Crippen molar-refractivity contribution in [3.05, 3.63) is 4.91 Å². The Kier molecular flexibility index (Phi) is 7.92. The summed E-state index contributed by atoms with van der Waals surface area (Å²) in [7, 11) is 0. The van der Waals surface area contributed by atoms with E-state index in [1.54, 1.807) is 41.5 Å². The second-order valence-electron chi connectivity index (χ2n) is 8.56. The van der Waals surface area contributed by atoms with Crippen molar-refractivity contribution in [1.29, 1.82) is 0 Å². The third kappa shape index (κ3) is 8.64. The molecule has 0 unspecified atom stereocenters. The maximum absolute atomic E-state index is 12.4. The third-order valence-corrected chi connectivity index (χ3v) is 3.50. The Balaban J connectivity index is 2.85. The summed E-state index contributed by atoms with van der Waals surface area (Å²) in [5.74, 6) is -1.69. The molecule has 1 N–H and O–H groups in total. The zero-order valence-electron chi connectivity index (χ0n) is 17.3. The molecule has 28 heavy (non-hydrogen) atoms. The van der Waals surface area contributed by atoms with Crippen LogP contribution in [0.5, 0.6) is 0 Å². The number of ether oxygens (including phenoxy) is 4. The second kappa shape index (κ2) is 9.31. The SMILES string of the molecule is CC(C)(C)OC(=O)N[C@@H](CC(=O)OC1(N=O)CCOCC1)C(=O)OC(C)(C)C. The fourth-order valence-corrected chi connectivity index (χ4v) is 2.34. The first-order chi connectivity index (χ1) is 12.8. The maximum Gasteiger partial charge on any atom is 0.408 e. The average Bonchev–Trinajstić information content (AvgIpc) is 2.51. The van der Waals surface area contributed by atoms with E-state index < -0.39 is 47.4 Å². The van der Waals surface area contributed by atoms with Crippen LogP contribution in [0.3, 0.4) is 0 Å². The van der Waals surface area contributed by atoms with E-state index in [4.69, 9.17) is 18.9 Å². The minimum absolute atomic E-state index is 0.124. The van der Waals surface area contributed by atoms with Gasteiger partial charge in [0.2, 0.25) is 5.72 Å². The fourth-order valence-electron chi connectivity index (χ4n) is 2.34. The lowest BCUT2D eigenvalue weighted by atomic mass is 10.1. The highest BCUT2D eigenvalue weighted by atomic mass is 16.6. The second-order valence-corrected chi connectivity index (χ2v) is 8.56. The first-order valence-electron chi connectivity index (χ1n) is 9.12. The van der Waals surface area contributed by atoms with Gasteiger partial charge in [-0.1, -0.05) is 0 Å². The van der Waals surface area contributed by atoms with E-state index in [1.807, 2.05) is 0 Å². The number of hydrogen-bond acceptors (Lipinski definition) is 9. The van der Waals surface area contributed by atoms with Gasteiger partial charge in [-0.3, -0.25) is 4.79 Å². The summed E-state index contributed by atoms with van der Waals surface area (Å²) < 4.78 is 20.7. The lowest BCUT2D eigenvalue weighted by Crippen LogP contribution is -2.48. The molecule has 0 radical (unpaired) electrons. The molecule has 1 heterocycles. The molecule has 1 aliphatic rings.